The molecule has 3 rings (SSSR count). The molecular formula is C14H16N4O2S. The van der Waals surface area contributed by atoms with Crippen molar-refractivity contribution in [3.63, 3.8) is 0 Å². The average molecular weight is 304 g/mol. The molecule has 0 saturated carbocycles. The van der Waals surface area contributed by atoms with Gasteiger partial charge in [-0.05, 0) is 24.8 Å². The molecule has 6 nitrogen and oxygen atoms in total. The molecule has 2 aromatic heterocycles. The van der Waals surface area contributed by atoms with E-state index >= 15 is 0 Å². The molecule has 0 radical (unpaired) electrons. The van der Waals surface area contributed by atoms with Gasteiger partial charge in [0, 0.05) is 37.5 Å². The van der Waals surface area contributed by atoms with E-state index < -0.39 is 0 Å². The van der Waals surface area contributed by atoms with Crippen LogP contribution in [-0.2, 0) is 0 Å². The fourth-order valence-electron chi connectivity index (χ4n) is 2.44. The van der Waals surface area contributed by atoms with Crippen LogP contribution in [-0.4, -0.2) is 50.6 Å². The highest BCUT2D eigenvalue weighted by Crippen LogP contribution is 2.22. The Labute approximate surface area is 126 Å². The first-order chi connectivity index (χ1) is 10.3. The van der Waals surface area contributed by atoms with Crippen LogP contribution in [0.4, 0.5) is 0 Å². The standard InChI is InChI=1S/C14H16N4O2S/c19-8-10-3-1-6-18(7-10)14(20)11-9-21-13(17-11)12-15-4-2-5-16-12/h2,4-5,9-10,19H,1,3,6-8H2. The molecule has 1 amide bonds. The van der Waals surface area contributed by atoms with Crippen molar-refractivity contribution in [2.24, 2.45) is 5.92 Å². The van der Waals surface area contributed by atoms with Gasteiger partial charge in [-0.1, -0.05) is 0 Å². The quantitative estimate of drug-likeness (QED) is 0.928. The van der Waals surface area contributed by atoms with Crippen LogP contribution in [0, 0.1) is 5.92 Å². The van der Waals surface area contributed by atoms with Crippen LogP contribution in [0.5, 0.6) is 0 Å². The van der Waals surface area contributed by atoms with Gasteiger partial charge >= 0.3 is 0 Å². The zero-order valence-corrected chi connectivity index (χ0v) is 12.3. The average Bonchev–Trinajstić information content (AvgIpc) is 3.05. The van der Waals surface area contributed by atoms with Crippen LogP contribution in [0.2, 0.25) is 0 Å². The second kappa shape index (κ2) is 6.28. The molecule has 1 N–H and O–H groups in total. The van der Waals surface area contributed by atoms with Crippen molar-refractivity contribution in [1.82, 2.24) is 19.9 Å². The van der Waals surface area contributed by atoms with E-state index in [9.17, 15) is 9.90 Å². The molecule has 1 saturated heterocycles. The monoisotopic (exact) mass is 304 g/mol. The molecule has 2 aromatic rings. The number of carbonyl (C=O) groups is 1. The smallest absolute Gasteiger partial charge is 0.273 e. The zero-order valence-electron chi connectivity index (χ0n) is 11.5. The third kappa shape index (κ3) is 3.08. The van der Waals surface area contributed by atoms with Gasteiger partial charge in [-0.2, -0.15) is 0 Å². The third-order valence-electron chi connectivity index (χ3n) is 3.54. The highest BCUT2D eigenvalue weighted by atomic mass is 32.1. The second-order valence-electron chi connectivity index (χ2n) is 5.05. The lowest BCUT2D eigenvalue weighted by atomic mass is 9.99. The van der Waals surface area contributed by atoms with Crippen LogP contribution in [0.15, 0.2) is 23.8 Å². The van der Waals surface area contributed by atoms with Gasteiger partial charge < -0.3 is 10.0 Å². The van der Waals surface area contributed by atoms with Crippen molar-refractivity contribution >= 4 is 17.2 Å². The molecule has 0 aromatic carbocycles. The Bertz CT molecular complexity index is 616. The van der Waals surface area contributed by atoms with Crippen molar-refractivity contribution < 1.29 is 9.90 Å². The third-order valence-corrected chi connectivity index (χ3v) is 4.38. The number of nitrogens with zero attached hydrogens (tertiary/aromatic N) is 4. The Morgan fingerprint density at radius 2 is 2.24 bits per heavy atom. The predicted molar refractivity (Wildman–Crippen MR) is 78.9 cm³/mol. The maximum absolute atomic E-state index is 12.5. The fraction of sp³-hybridized carbons (Fsp3) is 0.429. The van der Waals surface area contributed by atoms with E-state index in [1.54, 1.807) is 28.7 Å². The minimum Gasteiger partial charge on any atom is -0.396 e. The topological polar surface area (TPSA) is 79.2 Å². The van der Waals surface area contributed by atoms with Gasteiger partial charge in [-0.15, -0.1) is 11.3 Å². The summed E-state index contributed by atoms with van der Waals surface area (Å²) in [6, 6.07) is 1.74. The maximum Gasteiger partial charge on any atom is 0.273 e. The summed E-state index contributed by atoms with van der Waals surface area (Å²) in [7, 11) is 0. The molecule has 21 heavy (non-hydrogen) atoms. The SMILES string of the molecule is O=C(c1csc(-c2ncccn2)n1)N1CCCC(CO)C1. The predicted octanol–water partition coefficient (Wildman–Crippen LogP) is 1.44. The van der Waals surface area contributed by atoms with E-state index in [1.165, 1.54) is 11.3 Å². The van der Waals surface area contributed by atoms with E-state index in [2.05, 4.69) is 15.0 Å². The molecule has 1 unspecified atom stereocenters. The zero-order chi connectivity index (χ0) is 14.7. The molecule has 1 aliphatic rings. The maximum atomic E-state index is 12.5. The molecule has 7 heteroatoms. The number of aromatic nitrogens is 3. The number of hydrogen-bond donors (Lipinski definition) is 1. The lowest BCUT2D eigenvalue weighted by molar-refractivity contribution is 0.0616. The minimum atomic E-state index is -0.0772. The summed E-state index contributed by atoms with van der Waals surface area (Å²) >= 11 is 1.37. The molecule has 3 heterocycles. The Morgan fingerprint density at radius 1 is 1.43 bits per heavy atom. The van der Waals surface area contributed by atoms with Crippen LogP contribution in [0.1, 0.15) is 23.3 Å². The van der Waals surface area contributed by atoms with Gasteiger partial charge in [0.2, 0.25) is 0 Å². The summed E-state index contributed by atoms with van der Waals surface area (Å²) in [6.45, 7) is 1.46. The van der Waals surface area contributed by atoms with Crippen LogP contribution in [0.25, 0.3) is 10.8 Å². The Hall–Kier alpha value is -1.86. The molecule has 0 aliphatic carbocycles. The first-order valence-electron chi connectivity index (χ1n) is 6.91. The number of thiazole rings is 1. The summed E-state index contributed by atoms with van der Waals surface area (Å²) in [5, 5.41) is 11.6. The second-order valence-corrected chi connectivity index (χ2v) is 5.91. The molecule has 110 valence electrons. The minimum absolute atomic E-state index is 0.0772. The van der Waals surface area contributed by atoms with Gasteiger partial charge in [0.1, 0.15) is 5.69 Å². The van der Waals surface area contributed by atoms with E-state index in [0.29, 0.717) is 23.1 Å². The largest absolute Gasteiger partial charge is 0.396 e. The molecule has 1 atom stereocenters. The van der Waals surface area contributed by atoms with Gasteiger partial charge in [-0.3, -0.25) is 4.79 Å². The van der Waals surface area contributed by atoms with E-state index in [1.807, 2.05) is 0 Å². The summed E-state index contributed by atoms with van der Waals surface area (Å²) in [5.41, 5.74) is 0.432. The first kappa shape index (κ1) is 14.1. The number of carbonyl (C=O) groups excluding carboxylic acids is 1. The van der Waals surface area contributed by atoms with Gasteiger partial charge in [0.15, 0.2) is 10.8 Å². The lowest BCUT2D eigenvalue weighted by Gasteiger charge is -2.31. The highest BCUT2D eigenvalue weighted by Gasteiger charge is 2.25. The summed E-state index contributed by atoms with van der Waals surface area (Å²) in [6.07, 6.45) is 5.21. The number of rotatable bonds is 3. The molecule has 1 aliphatic heterocycles. The summed E-state index contributed by atoms with van der Waals surface area (Å²) in [5.74, 6) is 0.637. The Kier molecular flexibility index (Phi) is 4.21. The van der Waals surface area contributed by atoms with Crippen molar-refractivity contribution in [1.29, 1.82) is 0 Å². The number of likely N-dealkylation sites (tertiary alicyclic amines) is 1. The summed E-state index contributed by atoms with van der Waals surface area (Å²) < 4.78 is 0. The van der Waals surface area contributed by atoms with Gasteiger partial charge in [0.05, 0.1) is 0 Å². The van der Waals surface area contributed by atoms with Crippen LogP contribution in [0.3, 0.4) is 0 Å². The van der Waals surface area contributed by atoms with Crippen molar-refractivity contribution in [2.75, 3.05) is 19.7 Å². The van der Waals surface area contributed by atoms with E-state index in [4.69, 9.17) is 0 Å². The van der Waals surface area contributed by atoms with Crippen molar-refractivity contribution in [3.8, 4) is 10.8 Å². The Balaban J connectivity index is 1.75. The lowest BCUT2D eigenvalue weighted by Crippen LogP contribution is -2.41. The summed E-state index contributed by atoms with van der Waals surface area (Å²) in [4.78, 5) is 26.8. The van der Waals surface area contributed by atoms with Gasteiger partial charge in [0.25, 0.3) is 5.91 Å². The normalized spacial score (nSPS) is 18.7. The molecule has 1 fully saturated rings. The Morgan fingerprint density at radius 3 is 3.00 bits per heavy atom. The van der Waals surface area contributed by atoms with Gasteiger partial charge in [-0.25, -0.2) is 15.0 Å². The van der Waals surface area contributed by atoms with Crippen LogP contribution < -0.4 is 0 Å². The number of hydrogen-bond acceptors (Lipinski definition) is 6. The van der Waals surface area contributed by atoms with Crippen molar-refractivity contribution in [2.45, 2.75) is 12.8 Å². The number of aliphatic hydroxyl groups is 1. The molecular weight excluding hydrogens is 288 g/mol. The first-order valence-corrected chi connectivity index (χ1v) is 7.79. The fourth-order valence-corrected chi connectivity index (χ4v) is 3.18. The molecule has 0 spiro atoms. The molecule has 0 bridgehead atoms. The van der Waals surface area contributed by atoms with E-state index in [0.717, 1.165) is 19.4 Å². The number of piperidine rings is 1. The number of amides is 1. The van der Waals surface area contributed by atoms with Crippen molar-refractivity contribution in [3.05, 3.63) is 29.5 Å². The highest BCUT2D eigenvalue weighted by molar-refractivity contribution is 7.13. The number of aliphatic hydroxyl groups excluding tert-OH is 1. The van der Waals surface area contributed by atoms with Crippen LogP contribution >= 0.6 is 11.3 Å². The van der Waals surface area contributed by atoms with E-state index in [-0.39, 0.29) is 18.4 Å².